The van der Waals surface area contributed by atoms with Crippen LogP contribution in [0.3, 0.4) is 0 Å². The quantitative estimate of drug-likeness (QED) is 0.704. The van der Waals surface area contributed by atoms with Crippen LogP contribution < -0.4 is 4.74 Å². The molecule has 2 nitrogen and oxygen atoms in total. The van der Waals surface area contributed by atoms with Gasteiger partial charge in [-0.1, -0.05) is 24.3 Å². The van der Waals surface area contributed by atoms with Crippen LogP contribution in [0.1, 0.15) is 5.56 Å². The van der Waals surface area contributed by atoms with E-state index in [1.807, 2.05) is 36.4 Å². The van der Waals surface area contributed by atoms with E-state index in [2.05, 4.69) is 0 Å². The van der Waals surface area contributed by atoms with E-state index < -0.39 is 0 Å². The molecule has 0 aliphatic carbocycles. The van der Waals surface area contributed by atoms with Gasteiger partial charge < -0.3 is 9.47 Å². The van der Waals surface area contributed by atoms with E-state index in [4.69, 9.17) is 9.47 Å². The van der Waals surface area contributed by atoms with E-state index in [0.717, 1.165) is 11.3 Å². The largest absolute Gasteiger partial charge is 0.497 e. The third-order valence-electron chi connectivity index (χ3n) is 1.69. The SMILES string of the molecule is COCC=Cc1ccc(OC)cc1. The van der Waals surface area contributed by atoms with E-state index in [1.165, 1.54) is 0 Å². The van der Waals surface area contributed by atoms with Crippen LogP contribution in [-0.2, 0) is 4.74 Å². The van der Waals surface area contributed by atoms with Gasteiger partial charge in [-0.25, -0.2) is 0 Å². The van der Waals surface area contributed by atoms with E-state index >= 15 is 0 Å². The van der Waals surface area contributed by atoms with Gasteiger partial charge >= 0.3 is 0 Å². The molecule has 0 atom stereocenters. The molecule has 0 amide bonds. The predicted molar refractivity (Wildman–Crippen MR) is 53.9 cm³/mol. The first-order chi connectivity index (χ1) is 6.36. The lowest BCUT2D eigenvalue weighted by Gasteiger charge is -1.98. The Bertz CT molecular complexity index is 262. The molecule has 70 valence electrons. The number of benzene rings is 1. The minimum atomic E-state index is 0.645. The Morgan fingerprint density at radius 2 is 1.85 bits per heavy atom. The van der Waals surface area contributed by atoms with Gasteiger partial charge in [0.2, 0.25) is 0 Å². The van der Waals surface area contributed by atoms with Crippen molar-refractivity contribution in [2.45, 2.75) is 0 Å². The highest BCUT2D eigenvalue weighted by atomic mass is 16.5. The van der Waals surface area contributed by atoms with Crippen LogP contribution in [0.25, 0.3) is 6.08 Å². The molecule has 0 bridgehead atoms. The minimum absolute atomic E-state index is 0.645. The van der Waals surface area contributed by atoms with Crippen LogP contribution in [-0.4, -0.2) is 20.8 Å². The van der Waals surface area contributed by atoms with Gasteiger partial charge in [-0.2, -0.15) is 0 Å². The molecule has 2 heteroatoms. The van der Waals surface area contributed by atoms with Crippen molar-refractivity contribution in [1.29, 1.82) is 0 Å². The van der Waals surface area contributed by atoms with Crippen molar-refractivity contribution >= 4 is 6.08 Å². The van der Waals surface area contributed by atoms with Crippen molar-refractivity contribution in [2.75, 3.05) is 20.8 Å². The second kappa shape index (κ2) is 5.38. The number of ether oxygens (including phenoxy) is 2. The van der Waals surface area contributed by atoms with Crippen molar-refractivity contribution in [3.63, 3.8) is 0 Å². The van der Waals surface area contributed by atoms with E-state index in [9.17, 15) is 0 Å². The zero-order valence-corrected chi connectivity index (χ0v) is 7.99. The smallest absolute Gasteiger partial charge is 0.118 e. The molecular weight excluding hydrogens is 164 g/mol. The summed E-state index contributed by atoms with van der Waals surface area (Å²) in [5.41, 5.74) is 1.15. The van der Waals surface area contributed by atoms with Crippen LogP contribution >= 0.6 is 0 Å². The first-order valence-corrected chi connectivity index (χ1v) is 4.16. The number of methoxy groups -OCH3 is 2. The lowest BCUT2D eigenvalue weighted by molar-refractivity contribution is 0.234. The van der Waals surface area contributed by atoms with Crippen LogP contribution in [0.15, 0.2) is 30.3 Å². The Kier molecular flexibility index (Phi) is 4.06. The Morgan fingerprint density at radius 3 is 2.38 bits per heavy atom. The van der Waals surface area contributed by atoms with Gasteiger partial charge in [-0.15, -0.1) is 0 Å². The van der Waals surface area contributed by atoms with Crippen LogP contribution in [0.5, 0.6) is 5.75 Å². The Morgan fingerprint density at radius 1 is 1.15 bits per heavy atom. The Balaban J connectivity index is 2.58. The average molecular weight is 178 g/mol. The summed E-state index contributed by atoms with van der Waals surface area (Å²) in [7, 11) is 3.34. The van der Waals surface area contributed by atoms with Crippen molar-refractivity contribution in [2.24, 2.45) is 0 Å². The van der Waals surface area contributed by atoms with Crippen LogP contribution in [0.4, 0.5) is 0 Å². The fraction of sp³-hybridized carbons (Fsp3) is 0.273. The first-order valence-electron chi connectivity index (χ1n) is 4.16. The van der Waals surface area contributed by atoms with Gasteiger partial charge in [0.1, 0.15) is 5.75 Å². The molecule has 0 fully saturated rings. The van der Waals surface area contributed by atoms with Gasteiger partial charge in [0, 0.05) is 7.11 Å². The summed E-state index contributed by atoms with van der Waals surface area (Å²) >= 11 is 0. The zero-order chi connectivity index (χ0) is 9.52. The normalized spacial score (nSPS) is 10.6. The highest BCUT2D eigenvalue weighted by molar-refractivity contribution is 5.50. The predicted octanol–water partition coefficient (Wildman–Crippen LogP) is 2.35. The molecule has 1 rings (SSSR count). The molecule has 0 saturated carbocycles. The number of hydrogen-bond acceptors (Lipinski definition) is 2. The maximum atomic E-state index is 5.05. The molecule has 0 heterocycles. The topological polar surface area (TPSA) is 18.5 Å². The zero-order valence-electron chi connectivity index (χ0n) is 7.99. The fourth-order valence-electron chi connectivity index (χ4n) is 0.995. The summed E-state index contributed by atoms with van der Waals surface area (Å²) < 4.78 is 9.94. The van der Waals surface area contributed by atoms with Crippen LogP contribution in [0.2, 0.25) is 0 Å². The second-order valence-corrected chi connectivity index (χ2v) is 2.63. The Labute approximate surface area is 78.8 Å². The number of rotatable bonds is 4. The van der Waals surface area contributed by atoms with Crippen LogP contribution in [0, 0.1) is 0 Å². The van der Waals surface area contributed by atoms with Crippen molar-refractivity contribution < 1.29 is 9.47 Å². The molecule has 0 aliphatic heterocycles. The molecule has 0 saturated heterocycles. The van der Waals surface area contributed by atoms with Gasteiger partial charge in [0.25, 0.3) is 0 Å². The molecule has 1 aromatic rings. The third kappa shape index (κ3) is 3.30. The lowest BCUT2D eigenvalue weighted by atomic mass is 10.2. The van der Waals surface area contributed by atoms with Crippen molar-refractivity contribution in [1.82, 2.24) is 0 Å². The van der Waals surface area contributed by atoms with Gasteiger partial charge in [-0.05, 0) is 17.7 Å². The summed E-state index contributed by atoms with van der Waals surface area (Å²) in [5.74, 6) is 0.879. The van der Waals surface area contributed by atoms with E-state index in [0.29, 0.717) is 6.61 Å². The van der Waals surface area contributed by atoms with E-state index in [-0.39, 0.29) is 0 Å². The van der Waals surface area contributed by atoms with Crippen molar-refractivity contribution in [3.05, 3.63) is 35.9 Å². The summed E-state index contributed by atoms with van der Waals surface area (Å²) in [5, 5.41) is 0. The highest BCUT2D eigenvalue weighted by Gasteiger charge is 1.88. The second-order valence-electron chi connectivity index (χ2n) is 2.63. The maximum absolute atomic E-state index is 5.05. The standard InChI is InChI=1S/C11H14O2/c1-12-9-3-4-10-5-7-11(13-2)8-6-10/h3-8H,9H2,1-2H3. The monoisotopic (exact) mass is 178 g/mol. The summed E-state index contributed by atoms with van der Waals surface area (Å²) in [4.78, 5) is 0. The molecule has 0 aromatic heterocycles. The Hall–Kier alpha value is -1.28. The molecule has 13 heavy (non-hydrogen) atoms. The highest BCUT2D eigenvalue weighted by Crippen LogP contribution is 2.11. The summed E-state index contributed by atoms with van der Waals surface area (Å²) in [6.07, 6.45) is 3.99. The molecule has 0 radical (unpaired) electrons. The molecule has 0 spiro atoms. The summed E-state index contributed by atoms with van der Waals surface area (Å²) in [6, 6.07) is 7.88. The molecular formula is C11H14O2. The molecule has 1 aromatic carbocycles. The van der Waals surface area contributed by atoms with Crippen molar-refractivity contribution in [3.8, 4) is 5.75 Å². The van der Waals surface area contributed by atoms with Gasteiger partial charge in [0.05, 0.1) is 13.7 Å². The number of hydrogen-bond donors (Lipinski definition) is 0. The molecule has 0 aliphatic rings. The molecule has 0 N–H and O–H groups in total. The lowest BCUT2D eigenvalue weighted by Crippen LogP contribution is -1.82. The van der Waals surface area contributed by atoms with E-state index in [1.54, 1.807) is 14.2 Å². The first kappa shape index (κ1) is 9.81. The minimum Gasteiger partial charge on any atom is -0.497 e. The van der Waals surface area contributed by atoms with Gasteiger partial charge in [0.15, 0.2) is 0 Å². The molecule has 0 unspecified atom stereocenters. The van der Waals surface area contributed by atoms with Gasteiger partial charge in [-0.3, -0.25) is 0 Å². The third-order valence-corrected chi connectivity index (χ3v) is 1.69. The average Bonchev–Trinajstić information content (AvgIpc) is 2.19. The fourth-order valence-corrected chi connectivity index (χ4v) is 0.995. The summed E-state index contributed by atoms with van der Waals surface area (Å²) in [6.45, 7) is 0.645. The maximum Gasteiger partial charge on any atom is 0.118 e.